The van der Waals surface area contributed by atoms with E-state index in [4.69, 9.17) is 62.9 Å². The minimum atomic E-state index is 0. The van der Waals surface area contributed by atoms with Gasteiger partial charge in [0.25, 0.3) is 0 Å². The molecule has 0 aliphatic rings. The van der Waals surface area contributed by atoms with E-state index in [1.54, 1.807) is 0 Å². The molecule has 0 spiro atoms. The number of aromatic amines is 1. The molecular formula is C10H10ClF11N4. The summed E-state index contributed by atoms with van der Waals surface area (Å²) in [5.41, 5.74) is 10.3. The maximum Gasteiger partial charge on any atom is 0.0502 e. The van der Waals surface area contributed by atoms with Crippen LogP contribution in [0.3, 0.4) is 0 Å². The summed E-state index contributed by atoms with van der Waals surface area (Å²) in [6.07, 6.45) is 2.61. The number of hydrogen-bond donors (Lipinski definition) is 1. The molecule has 0 unspecified atom stereocenters. The Morgan fingerprint density at radius 3 is 1.92 bits per heavy atom. The van der Waals surface area contributed by atoms with Crippen molar-refractivity contribution in [3.05, 3.63) is 45.4 Å². The van der Waals surface area contributed by atoms with E-state index < -0.39 is 0 Å². The molecule has 0 saturated carbocycles. The summed E-state index contributed by atoms with van der Waals surface area (Å²) >= 11 is 6.09. The van der Waals surface area contributed by atoms with Gasteiger partial charge in [-0.3, -0.25) is 4.70 Å². The van der Waals surface area contributed by atoms with Crippen molar-refractivity contribution >= 4 is 22.5 Å². The lowest BCUT2D eigenvalue weighted by Gasteiger charge is -1.97. The van der Waals surface area contributed by atoms with Gasteiger partial charge in [0.2, 0.25) is 0 Å². The number of rotatable bonds is 3. The number of fused-ring (bicyclic) bond motifs is 1. The van der Waals surface area contributed by atoms with Crippen LogP contribution in [0.15, 0.2) is 29.5 Å². The van der Waals surface area contributed by atoms with E-state index in [1.165, 1.54) is 0 Å². The first kappa shape index (κ1) is 34.8. The lowest BCUT2D eigenvalue weighted by Crippen LogP contribution is -1.86. The molecule has 1 aromatic carbocycles. The summed E-state index contributed by atoms with van der Waals surface area (Å²) in [5.74, 6) is 0. The van der Waals surface area contributed by atoms with Gasteiger partial charge in [-0.15, -0.1) is 0 Å². The third-order valence-corrected chi connectivity index (χ3v) is 2.60. The molecule has 0 amide bonds. The Morgan fingerprint density at radius 2 is 1.46 bits per heavy atom. The van der Waals surface area contributed by atoms with Crippen molar-refractivity contribution < 1.29 is 50.4 Å². The molecule has 4 nitrogen and oxygen atoms in total. The topological polar surface area (TPSA) is 64.6 Å². The highest BCUT2D eigenvalue weighted by atomic mass is 35.5. The van der Waals surface area contributed by atoms with Gasteiger partial charge in [-0.25, -0.2) is 0 Å². The Labute approximate surface area is 142 Å². The summed E-state index contributed by atoms with van der Waals surface area (Å²) in [7, 11) is 0. The first-order valence-corrected chi connectivity index (χ1v) is 5.67. The van der Waals surface area contributed by atoms with Crippen molar-refractivity contribution in [1.82, 2.24) is 4.98 Å². The standard InChI is InChI=1S/C10H9ClN4.5F2.FH/c11-8-2-1-3-9-10(8)7(6-13-9)4-5-14-15-12;5*1-2;/h1-3,6,13H,4-5H2;;;;;;1H. The van der Waals surface area contributed by atoms with Crippen molar-refractivity contribution in [3.63, 3.8) is 0 Å². The summed E-state index contributed by atoms with van der Waals surface area (Å²) in [6, 6.07) is 5.73. The highest BCUT2D eigenvalue weighted by molar-refractivity contribution is 6.35. The Morgan fingerprint density at radius 1 is 0.962 bits per heavy atom. The number of aromatic nitrogens is 1. The van der Waals surface area contributed by atoms with Crippen LogP contribution in [0.5, 0.6) is 0 Å². The average molecular weight is 431 g/mol. The van der Waals surface area contributed by atoms with Gasteiger partial charge in [0.05, 0.1) is 5.02 Å². The van der Waals surface area contributed by atoms with Gasteiger partial charge in [0, 0.05) is 74.3 Å². The normalized spacial score (nSPS) is 7.04. The molecule has 2 aromatic rings. The third kappa shape index (κ3) is 14.0. The molecule has 1 aromatic heterocycles. The molecule has 2 rings (SSSR count). The van der Waals surface area contributed by atoms with Crippen LogP contribution in [-0.2, 0) is 6.42 Å². The first-order chi connectivity index (χ1) is 12.3. The van der Waals surface area contributed by atoms with Crippen LogP contribution >= 0.6 is 11.6 Å². The van der Waals surface area contributed by atoms with E-state index in [0.717, 1.165) is 21.5 Å². The third-order valence-electron chi connectivity index (χ3n) is 2.28. The molecule has 1 N–H and O–H groups in total. The van der Waals surface area contributed by atoms with Crippen LogP contribution in [0, 0.1) is 0 Å². The Balaban J connectivity index is -0.000000116. The molecule has 154 valence electrons. The highest BCUT2D eigenvalue weighted by Gasteiger charge is 2.05. The monoisotopic (exact) mass is 430 g/mol. The molecule has 0 aliphatic heterocycles. The predicted molar refractivity (Wildman–Crippen MR) is 74.6 cm³/mol. The largest absolute Gasteiger partial charge is 0.361 e. The second kappa shape index (κ2) is 30.5. The van der Waals surface area contributed by atoms with Crippen molar-refractivity contribution in [3.8, 4) is 0 Å². The number of benzene rings is 1. The average Bonchev–Trinajstić information content (AvgIpc) is 3.14. The van der Waals surface area contributed by atoms with Crippen molar-refractivity contribution in [2.24, 2.45) is 5.11 Å². The van der Waals surface area contributed by atoms with Crippen LogP contribution in [0.4, 0.5) is 50.4 Å². The summed E-state index contributed by atoms with van der Waals surface area (Å²) < 4.78 is 80.0. The quantitative estimate of drug-likeness (QED) is 0.222. The number of azide groups is 1. The van der Waals surface area contributed by atoms with Gasteiger partial charge >= 0.3 is 0 Å². The molecule has 1 heterocycles. The molecule has 0 fully saturated rings. The van der Waals surface area contributed by atoms with Gasteiger partial charge in [0.1, 0.15) is 0 Å². The molecule has 0 bridgehead atoms. The first-order valence-electron chi connectivity index (χ1n) is 5.29. The SMILES string of the molecule is F.FF.FF.FF.FF.FF.[N-]=[N+]=NCCc1c[nH]c2cccc(Cl)c12. The number of hydrogen-bond acceptors (Lipinski definition) is 1. The van der Waals surface area contributed by atoms with Crippen molar-refractivity contribution in [2.75, 3.05) is 6.54 Å². The second-order valence-electron chi connectivity index (χ2n) is 3.18. The van der Waals surface area contributed by atoms with Crippen LogP contribution in [-0.4, -0.2) is 11.5 Å². The summed E-state index contributed by atoms with van der Waals surface area (Å²) in [5, 5.41) is 5.25. The zero-order valence-corrected chi connectivity index (χ0v) is 12.9. The second-order valence-corrected chi connectivity index (χ2v) is 3.59. The maximum atomic E-state index is 8.19. The van der Waals surface area contributed by atoms with Gasteiger partial charge in [-0.05, 0) is 29.6 Å². The van der Waals surface area contributed by atoms with Crippen molar-refractivity contribution in [1.29, 1.82) is 0 Å². The number of halogens is 12. The Bertz CT molecular complexity index is 551. The maximum absolute atomic E-state index is 8.19. The van der Waals surface area contributed by atoms with Gasteiger partial charge in [-0.2, -0.15) is 0 Å². The van der Waals surface area contributed by atoms with E-state index in [1.807, 2.05) is 24.4 Å². The molecule has 16 heteroatoms. The number of nitrogens with one attached hydrogen (secondary N) is 1. The molecule has 0 saturated heterocycles. The lowest BCUT2D eigenvalue weighted by atomic mass is 10.1. The van der Waals surface area contributed by atoms with E-state index >= 15 is 0 Å². The molecular weight excluding hydrogens is 421 g/mol. The van der Waals surface area contributed by atoms with Crippen molar-refractivity contribution in [2.45, 2.75) is 6.42 Å². The Hall–Kier alpha value is -2.41. The zero-order valence-electron chi connectivity index (χ0n) is 12.1. The van der Waals surface area contributed by atoms with Gasteiger partial charge in [-0.1, -0.05) is 22.8 Å². The van der Waals surface area contributed by atoms with Crippen LogP contribution < -0.4 is 0 Å². The smallest absolute Gasteiger partial charge is 0.0502 e. The van der Waals surface area contributed by atoms with E-state index in [-0.39, 0.29) is 4.70 Å². The Kier molecular flexibility index (Phi) is 40.8. The van der Waals surface area contributed by atoms with E-state index in [9.17, 15) is 0 Å². The molecule has 0 atom stereocenters. The molecule has 0 radical (unpaired) electrons. The zero-order chi connectivity index (χ0) is 20.7. The van der Waals surface area contributed by atoms with Gasteiger partial charge in [0.15, 0.2) is 0 Å². The molecule has 26 heavy (non-hydrogen) atoms. The van der Waals surface area contributed by atoms with Gasteiger partial charge < -0.3 is 4.98 Å². The van der Waals surface area contributed by atoms with E-state index in [2.05, 4.69) is 15.0 Å². The highest BCUT2D eigenvalue weighted by Crippen LogP contribution is 2.26. The van der Waals surface area contributed by atoms with Crippen LogP contribution in [0.1, 0.15) is 5.56 Å². The summed E-state index contributed by atoms with van der Waals surface area (Å²) in [6.45, 7) is 0.453. The van der Waals surface area contributed by atoms with E-state index in [0.29, 0.717) is 13.0 Å². The predicted octanol–water partition coefficient (Wildman–Crippen LogP) is 8.03. The summed E-state index contributed by atoms with van der Waals surface area (Å²) in [4.78, 5) is 5.86. The number of H-pyrrole nitrogens is 1. The minimum Gasteiger partial charge on any atom is -0.361 e. The fourth-order valence-corrected chi connectivity index (χ4v) is 1.92. The lowest BCUT2D eigenvalue weighted by molar-refractivity contribution is 0.108. The minimum absolute atomic E-state index is 0. The van der Waals surface area contributed by atoms with Crippen LogP contribution in [0.25, 0.3) is 21.3 Å². The number of nitrogens with zero attached hydrogens (tertiary/aromatic N) is 3. The fourth-order valence-electron chi connectivity index (χ4n) is 1.62. The fraction of sp³-hybridized carbons (Fsp3) is 0.200. The van der Waals surface area contributed by atoms with Crippen LogP contribution in [0.2, 0.25) is 5.02 Å². The molecule has 0 aliphatic carbocycles.